The Hall–Kier alpha value is -0.570. The average Bonchev–Trinajstić information content (AvgIpc) is 2.03. The van der Waals surface area contributed by atoms with Gasteiger partial charge in [0, 0.05) is 13.0 Å². The lowest BCUT2D eigenvalue weighted by Crippen LogP contribution is -2.29. The fraction of sp³-hybridized carbons (Fsp3) is 0.900. The first-order valence-corrected chi connectivity index (χ1v) is 4.90. The van der Waals surface area contributed by atoms with Crippen LogP contribution in [0.5, 0.6) is 0 Å². The summed E-state index contributed by atoms with van der Waals surface area (Å²) >= 11 is 0. The molecule has 0 aliphatic rings. The lowest BCUT2D eigenvalue weighted by atomic mass is 9.90. The maximum Gasteiger partial charge on any atom is 0.303 e. The van der Waals surface area contributed by atoms with Crippen molar-refractivity contribution in [1.82, 2.24) is 5.32 Å². The highest BCUT2D eigenvalue weighted by Crippen LogP contribution is 2.17. The zero-order chi connectivity index (χ0) is 10.3. The molecule has 0 heterocycles. The van der Waals surface area contributed by atoms with Crippen LogP contribution in [0.25, 0.3) is 0 Å². The van der Waals surface area contributed by atoms with Gasteiger partial charge in [0.05, 0.1) is 0 Å². The van der Waals surface area contributed by atoms with E-state index in [1.54, 1.807) is 0 Å². The minimum absolute atomic E-state index is 0.263. The van der Waals surface area contributed by atoms with Crippen LogP contribution in [-0.2, 0) is 4.79 Å². The summed E-state index contributed by atoms with van der Waals surface area (Å²) in [6.07, 6.45) is 2.12. The van der Waals surface area contributed by atoms with Gasteiger partial charge in [0.15, 0.2) is 0 Å². The lowest BCUT2D eigenvalue weighted by molar-refractivity contribution is -0.137. The molecule has 0 aliphatic heterocycles. The number of carboxylic acids is 1. The molecule has 0 saturated carbocycles. The van der Waals surface area contributed by atoms with Crippen molar-refractivity contribution in [2.45, 2.75) is 40.0 Å². The minimum Gasteiger partial charge on any atom is -0.481 e. The van der Waals surface area contributed by atoms with E-state index in [0.717, 1.165) is 25.9 Å². The van der Waals surface area contributed by atoms with Gasteiger partial charge in [0.1, 0.15) is 0 Å². The number of nitrogens with one attached hydrogen (secondary N) is 1. The van der Waals surface area contributed by atoms with Crippen LogP contribution < -0.4 is 5.32 Å². The molecule has 0 saturated heterocycles. The quantitative estimate of drug-likeness (QED) is 0.598. The van der Waals surface area contributed by atoms with Crippen molar-refractivity contribution >= 4 is 5.97 Å². The minimum atomic E-state index is -0.712. The van der Waals surface area contributed by atoms with Gasteiger partial charge in [-0.2, -0.15) is 0 Å². The molecule has 0 atom stereocenters. The molecule has 0 spiro atoms. The summed E-state index contributed by atoms with van der Waals surface area (Å²) in [7, 11) is 0. The molecule has 0 aromatic rings. The maximum absolute atomic E-state index is 10.2. The van der Waals surface area contributed by atoms with Crippen LogP contribution in [0.4, 0.5) is 0 Å². The van der Waals surface area contributed by atoms with Gasteiger partial charge in [0.25, 0.3) is 0 Å². The lowest BCUT2D eigenvalue weighted by Gasteiger charge is -2.22. The molecule has 0 rings (SSSR count). The molecule has 3 heteroatoms. The van der Waals surface area contributed by atoms with Gasteiger partial charge in [-0.05, 0) is 24.8 Å². The normalized spacial score (nSPS) is 11.6. The Morgan fingerprint density at radius 1 is 1.46 bits per heavy atom. The topological polar surface area (TPSA) is 49.3 Å². The van der Waals surface area contributed by atoms with E-state index in [1.165, 1.54) is 0 Å². The Bertz CT molecular complexity index is 155. The summed E-state index contributed by atoms with van der Waals surface area (Å²) in [6, 6.07) is 0. The molecule has 0 bridgehead atoms. The van der Waals surface area contributed by atoms with Crippen LogP contribution in [0.2, 0.25) is 0 Å². The van der Waals surface area contributed by atoms with Crippen LogP contribution in [0.1, 0.15) is 40.0 Å². The highest BCUT2D eigenvalue weighted by molar-refractivity contribution is 5.66. The number of carbonyl (C=O) groups is 1. The molecule has 0 fully saturated rings. The van der Waals surface area contributed by atoms with Gasteiger partial charge in [0.2, 0.25) is 0 Å². The second-order valence-corrected chi connectivity index (χ2v) is 4.19. The predicted octanol–water partition coefficient (Wildman–Crippen LogP) is 1.88. The summed E-state index contributed by atoms with van der Waals surface area (Å²) in [5, 5.41) is 11.7. The van der Waals surface area contributed by atoms with Crippen LogP contribution in [0.15, 0.2) is 0 Å². The van der Waals surface area contributed by atoms with Gasteiger partial charge in [-0.1, -0.05) is 20.8 Å². The zero-order valence-electron chi connectivity index (χ0n) is 8.89. The third-order valence-electron chi connectivity index (χ3n) is 2.30. The van der Waals surface area contributed by atoms with E-state index in [2.05, 4.69) is 26.1 Å². The average molecular weight is 187 g/mol. The predicted molar refractivity (Wildman–Crippen MR) is 53.8 cm³/mol. The standard InChI is InChI=1S/C10H21NO2/c1-4-10(2,3)8-11-7-5-6-9(12)13/h11H,4-8H2,1-3H3,(H,12,13). The molecule has 0 aliphatic carbocycles. The fourth-order valence-electron chi connectivity index (χ4n) is 0.916. The molecular weight excluding hydrogens is 166 g/mol. The van der Waals surface area contributed by atoms with Crippen LogP contribution in [-0.4, -0.2) is 24.2 Å². The number of rotatable bonds is 7. The fourth-order valence-corrected chi connectivity index (χ4v) is 0.916. The van der Waals surface area contributed by atoms with Crippen LogP contribution >= 0.6 is 0 Å². The Balaban J connectivity index is 3.30. The van der Waals surface area contributed by atoms with E-state index in [0.29, 0.717) is 5.41 Å². The van der Waals surface area contributed by atoms with E-state index in [1.807, 2.05) is 0 Å². The first kappa shape index (κ1) is 12.4. The molecule has 13 heavy (non-hydrogen) atoms. The monoisotopic (exact) mass is 187 g/mol. The molecule has 3 nitrogen and oxygen atoms in total. The molecular formula is C10H21NO2. The largest absolute Gasteiger partial charge is 0.481 e. The first-order chi connectivity index (χ1) is 5.98. The molecule has 0 unspecified atom stereocenters. The van der Waals surface area contributed by atoms with Gasteiger partial charge < -0.3 is 10.4 Å². The van der Waals surface area contributed by atoms with Crippen molar-refractivity contribution in [3.8, 4) is 0 Å². The van der Waals surface area contributed by atoms with Crippen molar-refractivity contribution in [2.75, 3.05) is 13.1 Å². The van der Waals surface area contributed by atoms with Crippen molar-refractivity contribution in [3.05, 3.63) is 0 Å². The molecule has 2 N–H and O–H groups in total. The van der Waals surface area contributed by atoms with E-state index >= 15 is 0 Å². The highest BCUT2D eigenvalue weighted by atomic mass is 16.4. The Morgan fingerprint density at radius 2 is 2.08 bits per heavy atom. The van der Waals surface area contributed by atoms with Gasteiger partial charge in [-0.15, -0.1) is 0 Å². The van der Waals surface area contributed by atoms with Gasteiger partial charge in [-0.25, -0.2) is 0 Å². The smallest absolute Gasteiger partial charge is 0.303 e. The Kier molecular flexibility index (Phi) is 5.71. The van der Waals surface area contributed by atoms with Gasteiger partial charge in [-0.3, -0.25) is 4.79 Å². The maximum atomic E-state index is 10.2. The molecule has 0 radical (unpaired) electrons. The van der Waals surface area contributed by atoms with E-state index in [4.69, 9.17) is 5.11 Å². The number of hydrogen-bond donors (Lipinski definition) is 2. The number of carboxylic acid groups (broad SMARTS) is 1. The van der Waals surface area contributed by atoms with E-state index in [-0.39, 0.29) is 6.42 Å². The SMILES string of the molecule is CCC(C)(C)CNCCCC(=O)O. The Morgan fingerprint density at radius 3 is 2.54 bits per heavy atom. The molecule has 0 amide bonds. The zero-order valence-corrected chi connectivity index (χ0v) is 8.89. The second-order valence-electron chi connectivity index (χ2n) is 4.19. The summed E-state index contributed by atoms with van der Waals surface area (Å²) < 4.78 is 0. The first-order valence-electron chi connectivity index (χ1n) is 4.90. The summed E-state index contributed by atoms with van der Waals surface area (Å²) in [5.74, 6) is -0.712. The Labute approximate surface area is 80.5 Å². The van der Waals surface area contributed by atoms with E-state index in [9.17, 15) is 4.79 Å². The third-order valence-corrected chi connectivity index (χ3v) is 2.30. The van der Waals surface area contributed by atoms with Crippen molar-refractivity contribution in [1.29, 1.82) is 0 Å². The summed E-state index contributed by atoms with van der Waals surface area (Å²) in [6.45, 7) is 8.34. The third kappa shape index (κ3) is 7.78. The molecule has 78 valence electrons. The van der Waals surface area contributed by atoms with Crippen molar-refractivity contribution < 1.29 is 9.90 Å². The van der Waals surface area contributed by atoms with Crippen molar-refractivity contribution in [2.24, 2.45) is 5.41 Å². The second kappa shape index (κ2) is 5.97. The van der Waals surface area contributed by atoms with Crippen LogP contribution in [0.3, 0.4) is 0 Å². The van der Waals surface area contributed by atoms with Gasteiger partial charge >= 0.3 is 5.97 Å². The number of aliphatic carboxylic acids is 1. The molecule has 0 aromatic carbocycles. The van der Waals surface area contributed by atoms with Crippen molar-refractivity contribution in [3.63, 3.8) is 0 Å². The van der Waals surface area contributed by atoms with E-state index < -0.39 is 5.97 Å². The number of hydrogen-bond acceptors (Lipinski definition) is 2. The summed E-state index contributed by atoms with van der Waals surface area (Å²) in [4.78, 5) is 10.2. The molecule has 0 aromatic heterocycles. The summed E-state index contributed by atoms with van der Waals surface area (Å²) in [5.41, 5.74) is 0.323. The highest BCUT2D eigenvalue weighted by Gasteiger charge is 2.13. The van der Waals surface area contributed by atoms with Crippen LogP contribution in [0, 0.1) is 5.41 Å².